The van der Waals surface area contributed by atoms with Gasteiger partial charge >= 0.3 is 0 Å². The SMILES string of the molecule is C=C1C=C/C(=C\CO)C[C@H]1O[Si](C)(C)C(C)(C)C. The van der Waals surface area contributed by atoms with E-state index < -0.39 is 8.32 Å². The van der Waals surface area contributed by atoms with Gasteiger partial charge < -0.3 is 9.53 Å². The molecular weight excluding hydrogens is 240 g/mol. The monoisotopic (exact) mass is 266 g/mol. The highest BCUT2D eigenvalue weighted by Crippen LogP contribution is 2.39. The molecule has 1 N–H and O–H groups in total. The molecule has 2 nitrogen and oxygen atoms in total. The third kappa shape index (κ3) is 3.67. The Labute approximate surface area is 112 Å². The van der Waals surface area contributed by atoms with Crippen molar-refractivity contribution in [3.05, 3.63) is 36.0 Å². The first-order valence-electron chi connectivity index (χ1n) is 6.52. The lowest BCUT2D eigenvalue weighted by molar-refractivity contribution is 0.216. The van der Waals surface area contributed by atoms with E-state index in [2.05, 4.69) is 40.4 Å². The maximum Gasteiger partial charge on any atom is 0.192 e. The maximum absolute atomic E-state index is 8.97. The van der Waals surface area contributed by atoms with Gasteiger partial charge in [-0.1, -0.05) is 45.6 Å². The Morgan fingerprint density at radius 2 is 2.06 bits per heavy atom. The quantitative estimate of drug-likeness (QED) is 0.787. The summed E-state index contributed by atoms with van der Waals surface area (Å²) in [5, 5.41) is 9.17. The molecule has 1 atom stereocenters. The van der Waals surface area contributed by atoms with Crippen LogP contribution in [0.15, 0.2) is 36.0 Å². The zero-order valence-electron chi connectivity index (χ0n) is 12.3. The molecule has 0 amide bonds. The van der Waals surface area contributed by atoms with Crippen molar-refractivity contribution in [3.8, 4) is 0 Å². The molecule has 0 aromatic carbocycles. The van der Waals surface area contributed by atoms with Crippen molar-refractivity contribution in [1.29, 1.82) is 0 Å². The van der Waals surface area contributed by atoms with Crippen LogP contribution in [0.1, 0.15) is 27.2 Å². The number of aliphatic hydroxyl groups is 1. The fraction of sp³-hybridized carbons (Fsp3) is 0.600. The lowest BCUT2D eigenvalue weighted by Gasteiger charge is -2.40. The van der Waals surface area contributed by atoms with Gasteiger partial charge in [-0.2, -0.15) is 0 Å². The van der Waals surface area contributed by atoms with E-state index in [1.807, 2.05) is 18.2 Å². The molecule has 0 saturated carbocycles. The minimum Gasteiger partial charge on any atom is -0.410 e. The summed E-state index contributed by atoms with van der Waals surface area (Å²) in [4.78, 5) is 0. The molecule has 0 radical (unpaired) electrons. The van der Waals surface area contributed by atoms with Crippen LogP contribution >= 0.6 is 0 Å². The van der Waals surface area contributed by atoms with Gasteiger partial charge in [0, 0.05) is 6.42 Å². The van der Waals surface area contributed by atoms with E-state index in [0.29, 0.717) is 0 Å². The Bertz CT molecular complexity index is 372. The second-order valence-electron chi connectivity index (χ2n) is 6.44. The second kappa shape index (κ2) is 5.55. The predicted octanol–water partition coefficient (Wildman–Crippen LogP) is 3.81. The summed E-state index contributed by atoms with van der Waals surface area (Å²) in [7, 11) is -1.77. The smallest absolute Gasteiger partial charge is 0.192 e. The Kier molecular flexibility index (Phi) is 4.76. The lowest BCUT2D eigenvalue weighted by atomic mass is 9.96. The summed E-state index contributed by atoms with van der Waals surface area (Å²) in [6.07, 6.45) is 6.74. The number of rotatable bonds is 3. The van der Waals surface area contributed by atoms with Crippen LogP contribution in [-0.2, 0) is 4.43 Å². The number of hydrogen-bond donors (Lipinski definition) is 1. The topological polar surface area (TPSA) is 29.5 Å². The van der Waals surface area contributed by atoms with Gasteiger partial charge in [-0.25, -0.2) is 0 Å². The van der Waals surface area contributed by atoms with E-state index in [1.165, 1.54) is 0 Å². The molecule has 0 spiro atoms. The van der Waals surface area contributed by atoms with Crippen molar-refractivity contribution in [2.75, 3.05) is 6.61 Å². The molecule has 0 aromatic rings. The van der Waals surface area contributed by atoms with E-state index in [1.54, 1.807) is 0 Å². The van der Waals surface area contributed by atoms with Gasteiger partial charge in [0.2, 0.25) is 0 Å². The molecule has 0 unspecified atom stereocenters. The fourth-order valence-corrected chi connectivity index (χ4v) is 2.95. The van der Waals surface area contributed by atoms with E-state index >= 15 is 0 Å². The van der Waals surface area contributed by atoms with Crippen molar-refractivity contribution in [2.45, 2.75) is 51.4 Å². The average Bonchev–Trinajstić information content (AvgIpc) is 2.21. The van der Waals surface area contributed by atoms with Crippen molar-refractivity contribution in [3.63, 3.8) is 0 Å². The Balaban J connectivity index is 2.82. The molecule has 1 aliphatic rings. The summed E-state index contributed by atoms with van der Waals surface area (Å²) < 4.78 is 6.40. The summed E-state index contributed by atoms with van der Waals surface area (Å²) in [6.45, 7) is 15.4. The molecule has 0 bridgehead atoms. The zero-order chi connectivity index (χ0) is 14.0. The van der Waals surface area contributed by atoms with E-state index in [9.17, 15) is 0 Å². The molecule has 0 aromatic heterocycles. The second-order valence-corrected chi connectivity index (χ2v) is 11.2. The standard InChI is InChI=1S/C15H26O2Si/c1-12-7-8-13(9-10-16)11-14(12)17-18(5,6)15(2,3)4/h7-9,14,16H,1,10-11H2,2-6H3/b13-9+/t14-/m1/s1. The first-order chi connectivity index (χ1) is 8.17. The predicted molar refractivity (Wildman–Crippen MR) is 80.1 cm³/mol. The summed E-state index contributed by atoms with van der Waals surface area (Å²) in [5.41, 5.74) is 2.17. The van der Waals surface area contributed by atoms with E-state index in [-0.39, 0.29) is 17.7 Å². The van der Waals surface area contributed by atoms with Crippen molar-refractivity contribution >= 4 is 8.32 Å². The highest BCUT2D eigenvalue weighted by molar-refractivity contribution is 6.74. The summed E-state index contributed by atoms with van der Waals surface area (Å²) in [5.74, 6) is 0. The molecular formula is C15H26O2Si. The van der Waals surface area contributed by atoms with Gasteiger partial charge in [0.25, 0.3) is 0 Å². The van der Waals surface area contributed by atoms with Crippen LogP contribution in [0.3, 0.4) is 0 Å². The molecule has 1 rings (SSSR count). The summed E-state index contributed by atoms with van der Waals surface area (Å²) >= 11 is 0. The largest absolute Gasteiger partial charge is 0.410 e. The van der Waals surface area contributed by atoms with Gasteiger partial charge in [-0.05, 0) is 29.3 Å². The normalized spacial score (nSPS) is 23.8. The van der Waals surface area contributed by atoms with Crippen molar-refractivity contribution in [1.82, 2.24) is 0 Å². The van der Waals surface area contributed by atoms with Crippen LogP contribution in [0.4, 0.5) is 0 Å². The molecule has 102 valence electrons. The van der Waals surface area contributed by atoms with Gasteiger partial charge in [0.15, 0.2) is 8.32 Å². The molecule has 0 fully saturated rings. The van der Waals surface area contributed by atoms with Crippen LogP contribution in [0.25, 0.3) is 0 Å². The lowest BCUT2D eigenvalue weighted by Crippen LogP contribution is -2.44. The average molecular weight is 266 g/mol. The molecule has 1 aliphatic carbocycles. The molecule has 0 aliphatic heterocycles. The molecule has 0 saturated heterocycles. The minimum absolute atomic E-state index is 0.0636. The molecule has 0 heterocycles. The van der Waals surface area contributed by atoms with E-state index in [4.69, 9.17) is 9.53 Å². The van der Waals surface area contributed by atoms with Gasteiger partial charge in [0.1, 0.15) is 0 Å². The van der Waals surface area contributed by atoms with E-state index in [0.717, 1.165) is 17.6 Å². The van der Waals surface area contributed by atoms with Gasteiger partial charge in [-0.3, -0.25) is 0 Å². The van der Waals surface area contributed by atoms with Crippen molar-refractivity contribution < 1.29 is 9.53 Å². The number of allylic oxidation sites excluding steroid dienone is 1. The Hall–Kier alpha value is -0.643. The fourth-order valence-electron chi connectivity index (χ4n) is 1.65. The Morgan fingerprint density at radius 3 is 2.56 bits per heavy atom. The van der Waals surface area contributed by atoms with Gasteiger partial charge in [0.05, 0.1) is 12.7 Å². The molecule has 3 heteroatoms. The minimum atomic E-state index is -1.77. The first kappa shape index (κ1) is 15.4. The number of aliphatic hydroxyl groups excluding tert-OH is 1. The first-order valence-corrected chi connectivity index (χ1v) is 9.43. The van der Waals surface area contributed by atoms with Crippen LogP contribution in [0.2, 0.25) is 18.1 Å². The van der Waals surface area contributed by atoms with Crippen LogP contribution in [-0.4, -0.2) is 26.1 Å². The third-order valence-electron chi connectivity index (χ3n) is 3.94. The summed E-state index contributed by atoms with van der Waals surface area (Å²) in [6, 6.07) is 0. The highest BCUT2D eigenvalue weighted by Gasteiger charge is 2.39. The Morgan fingerprint density at radius 1 is 1.44 bits per heavy atom. The number of hydrogen-bond acceptors (Lipinski definition) is 2. The van der Waals surface area contributed by atoms with Crippen LogP contribution < -0.4 is 0 Å². The van der Waals surface area contributed by atoms with Gasteiger partial charge in [-0.15, -0.1) is 0 Å². The highest BCUT2D eigenvalue weighted by atomic mass is 28.4. The maximum atomic E-state index is 8.97. The third-order valence-corrected chi connectivity index (χ3v) is 8.43. The van der Waals surface area contributed by atoms with Crippen LogP contribution in [0.5, 0.6) is 0 Å². The van der Waals surface area contributed by atoms with Crippen molar-refractivity contribution in [2.24, 2.45) is 0 Å². The molecule has 18 heavy (non-hydrogen) atoms. The van der Waals surface area contributed by atoms with Crippen LogP contribution in [0, 0.1) is 0 Å². The zero-order valence-corrected chi connectivity index (χ0v) is 13.3.